The number of carbonyl (C=O) groups is 2. The van der Waals surface area contributed by atoms with Gasteiger partial charge in [0.2, 0.25) is 5.91 Å². The molecule has 0 aliphatic rings. The summed E-state index contributed by atoms with van der Waals surface area (Å²) in [7, 11) is 3.93. The molecule has 29 heavy (non-hydrogen) atoms. The largest absolute Gasteiger partial charge is 0.378 e. The fraction of sp³-hybridized carbons (Fsp3) is 0.136. The Morgan fingerprint density at radius 3 is 1.93 bits per heavy atom. The van der Waals surface area contributed by atoms with Crippen LogP contribution in [0.3, 0.4) is 0 Å². The van der Waals surface area contributed by atoms with Gasteiger partial charge in [-0.1, -0.05) is 0 Å². The molecule has 148 valence electrons. The first-order chi connectivity index (χ1) is 13.9. The SMILES string of the molecule is CC(=O)Nc1ccc(Nc2ccc(C(=O)Nc3ccc(N(C)C)cc3)cn2)cc1. The van der Waals surface area contributed by atoms with Crippen molar-refractivity contribution in [3.8, 4) is 0 Å². The second-order valence-corrected chi connectivity index (χ2v) is 6.71. The number of nitrogens with one attached hydrogen (secondary N) is 3. The number of benzene rings is 2. The molecule has 0 saturated carbocycles. The van der Waals surface area contributed by atoms with Gasteiger partial charge in [-0.05, 0) is 60.7 Å². The Morgan fingerprint density at radius 1 is 0.793 bits per heavy atom. The summed E-state index contributed by atoms with van der Waals surface area (Å²) in [6.07, 6.45) is 1.53. The molecule has 2 amide bonds. The normalized spacial score (nSPS) is 10.2. The molecule has 2 aromatic carbocycles. The van der Waals surface area contributed by atoms with Crippen LogP contribution >= 0.6 is 0 Å². The van der Waals surface area contributed by atoms with Crippen LogP contribution in [0.1, 0.15) is 17.3 Å². The predicted octanol–water partition coefficient (Wildman–Crippen LogP) is 4.10. The summed E-state index contributed by atoms with van der Waals surface area (Å²) < 4.78 is 0. The maximum Gasteiger partial charge on any atom is 0.257 e. The summed E-state index contributed by atoms with van der Waals surface area (Å²) in [6, 6.07) is 18.3. The van der Waals surface area contributed by atoms with Gasteiger partial charge in [0.25, 0.3) is 5.91 Å². The van der Waals surface area contributed by atoms with Crippen LogP contribution in [-0.2, 0) is 4.79 Å². The van der Waals surface area contributed by atoms with Crippen molar-refractivity contribution in [2.24, 2.45) is 0 Å². The Labute approximate surface area is 169 Å². The molecule has 1 heterocycles. The molecule has 0 saturated heterocycles. The Kier molecular flexibility index (Phi) is 6.09. The van der Waals surface area contributed by atoms with Crippen LogP contribution in [0.2, 0.25) is 0 Å². The molecule has 0 aliphatic heterocycles. The van der Waals surface area contributed by atoms with Crippen molar-refractivity contribution in [3.63, 3.8) is 0 Å². The summed E-state index contributed by atoms with van der Waals surface area (Å²) in [5.41, 5.74) is 3.80. The van der Waals surface area contributed by atoms with Crippen molar-refractivity contribution in [2.45, 2.75) is 6.92 Å². The third kappa shape index (κ3) is 5.55. The van der Waals surface area contributed by atoms with Gasteiger partial charge >= 0.3 is 0 Å². The molecule has 0 aliphatic carbocycles. The second kappa shape index (κ2) is 8.88. The zero-order chi connectivity index (χ0) is 20.8. The lowest BCUT2D eigenvalue weighted by molar-refractivity contribution is -0.114. The lowest BCUT2D eigenvalue weighted by atomic mass is 10.2. The smallest absolute Gasteiger partial charge is 0.257 e. The van der Waals surface area contributed by atoms with E-state index in [1.807, 2.05) is 55.4 Å². The third-order valence-electron chi connectivity index (χ3n) is 4.14. The van der Waals surface area contributed by atoms with Crippen molar-refractivity contribution in [1.29, 1.82) is 0 Å². The second-order valence-electron chi connectivity index (χ2n) is 6.71. The highest BCUT2D eigenvalue weighted by molar-refractivity contribution is 6.04. The van der Waals surface area contributed by atoms with Gasteiger partial charge in [0.15, 0.2) is 0 Å². The van der Waals surface area contributed by atoms with Crippen LogP contribution in [0.5, 0.6) is 0 Å². The van der Waals surface area contributed by atoms with Crippen molar-refractivity contribution >= 4 is 40.4 Å². The maximum atomic E-state index is 12.4. The number of anilines is 5. The molecule has 0 spiro atoms. The Morgan fingerprint density at radius 2 is 1.38 bits per heavy atom. The topological polar surface area (TPSA) is 86.4 Å². The van der Waals surface area contributed by atoms with E-state index in [9.17, 15) is 9.59 Å². The zero-order valence-corrected chi connectivity index (χ0v) is 16.6. The summed E-state index contributed by atoms with van der Waals surface area (Å²) in [5, 5.41) is 8.73. The monoisotopic (exact) mass is 389 g/mol. The first-order valence-corrected chi connectivity index (χ1v) is 9.10. The minimum absolute atomic E-state index is 0.116. The highest BCUT2D eigenvalue weighted by atomic mass is 16.2. The predicted molar refractivity (Wildman–Crippen MR) is 117 cm³/mol. The molecule has 3 aromatic rings. The Balaban J connectivity index is 1.60. The fourth-order valence-corrected chi connectivity index (χ4v) is 2.64. The average Bonchev–Trinajstić information content (AvgIpc) is 2.70. The van der Waals surface area contributed by atoms with E-state index in [1.165, 1.54) is 13.1 Å². The summed E-state index contributed by atoms with van der Waals surface area (Å²) in [6.45, 7) is 1.46. The summed E-state index contributed by atoms with van der Waals surface area (Å²) >= 11 is 0. The molecular weight excluding hydrogens is 366 g/mol. The number of rotatable bonds is 6. The highest BCUT2D eigenvalue weighted by Gasteiger charge is 2.07. The van der Waals surface area contributed by atoms with Gasteiger partial charge in [-0.25, -0.2) is 4.98 Å². The average molecular weight is 389 g/mol. The van der Waals surface area contributed by atoms with Crippen LogP contribution in [-0.4, -0.2) is 30.9 Å². The van der Waals surface area contributed by atoms with Crippen LogP contribution < -0.4 is 20.9 Å². The molecular formula is C22H23N5O2. The first-order valence-electron chi connectivity index (χ1n) is 9.10. The number of carbonyl (C=O) groups excluding carboxylic acids is 2. The molecule has 7 nitrogen and oxygen atoms in total. The van der Waals surface area contributed by atoms with E-state index < -0.39 is 0 Å². The van der Waals surface area contributed by atoms with E-state index in [0.29, 0.717) is 11.4 Å². The van der Waals surface area contributed by atoms with Crippen molar-refractivity contribution in [3.05, 3.63) is 72.4 Å². The minimum atomic E-state index is -0.221. The fourth-order valence-electron chi connectivity index (χ4n) is 2.64. The van der Waals surface area contributed by atoms with Crippen LogP contribution in [0.15, 0.2) is 66.9 Å². The number of nitrogens with zero attached hydrogens (tertiary/aromatic N) is 2. The van der Waals surface area contributed by atoms with E-state index in [4.69, 9.17) is 0 Å². The molecule has 0 atom stereocenters. The standard InChI is InChI=1S/C22H23N5O2/c1-15(28)24-17-5-7-18(8-6-17)25-21-13-4-16(14-23-21)22(29)26-19-9-11-20(12-10-19)27(2)3/h4-14H,1-3H3,(H,23,25)(H,24,28)(H,26,29). The highest BCUT2D eigenvalue weighted by Crippen LogP contribution is 2.19. The lowest BCUT2D eigenvalue weighted by Crippen LogP contribution is -2.13. The molecule has 3 N–H and O–H groups in total. The molecule has 7 heteroatoms. The van der Waals surface area contributed by atoms with Gasteiger partial charge in [-0.15, -0.1) is 0 Å². The molecule has 0 unspecified atom stereocenters. The van der Waals surface area contributed by atoms with E-state index in [-0.39, 0.29) is 11.8 Å². The molecule has 1 aromatic heterocycles. The third-order valence-corrected chi connectivity index (χ3v) is 4.14. The molecule has 0 radical (unpaired) electrons. The molecule has 0 bridgehead atoms. The van der Waals surface area contributed by atoms with Gasteiger partial charge in [0.05, 0.1) is 5.56 Å². The number of amides is 2. The lowest BCUT2D eigenvalue weighted by Gasteiger charge is -2.13. The number of pyridine rings is 1. The van der Waals surface area contributed by atoms with Crippen molar-refractivity contribution in [2.75, 3.05) is 34.9 Å². The maximum absolute atomic E-state index is 12.4. The Hall–Kier alpha value is -3.87. The van der Waals surface area contributed by atoms with E-state index in [0.717, 1.165) is 22.7 Å². The van der Waals surface area contributed by atoms with Gasteiger partial charge in [0.1, 0.15) is 5.82 Å². The van der Waals surface area contributed by atoms with E-state index >= 15 is 0 Å². The first kappa shape index (κ1) is 19.9. The summed E-state index contributed by atoms with van der Waals surface area (Å²) in [4.78, 5) is 29.8. The quantitative estimate of drug-likeness (QED) is 0.591. The van der Waals surface area contributed by atoms with Crippen LogP contribution in [0.25, 0.3) is 0 Å². The van der Waals surface area contributed by atoms with Gasteiger partial charge in [-0.2, -0.15) is 0 Å². The number of hydrogen-bond acceptors (Lipinski definition) is 5. The number of aromatic nitrogens is 1. The van der Waals surface area contributed by atoms with E-state index in [1.54, 1.807) is 24.3 Å². The van der Waals surface area contributed by atoms with Crippen molar-refractivity contribution in [1.82, 2.24) is 4.98 Å². The number of hydrogen-bond donors (Lipinski definition) is 3. The van der Waals surface area contributed by atoms with Crippen LogP contribution in [0, 0.1) is 0 Å². The molecule has 0 fully saturated rings. The van der Waals surface area contributed by atoms with E-state index in [2.05, 4.69) is 20.9 Å². The van der Waals surface area contributed by atoms with Gasteiger partial charge in [-0.3, -0.25) is 9.59 Å². The minimum Gasteiger partial charge on any atom is -0.378 e. The van der Waals surface area contributed by atoms with Crippen LogP contribution in [0.4, 0.5) is 28.6 Å². The zero-order valence-electron chi connectivity index (χ0n) is 16.6. The summed E-state index contributed by atoms with van der Waals surface area (Å²) in [5.74, 6) is 0.278. The Bertz CT molecular complexity index is 981. The van der Waals surface area contributed by atoms with Gasteiger partial charge in [0, 0.05) is 50.0 Å². The molecule has 3 rings (SSSR count). The van der Waals surface area contributed by atoms with Crippen molar-refractivity contribution < 1.29 is 9.59 Å². The van der Waals surface area contributed by atoms with Gasteiger partial charge < -0.3 is 20.9 Å².